The summed E-state index contributed by atoms with van der Waals surface area (Å²) in [5.41, 5.74) is 1.39. The molecule has 1 aliphatic rings. The largest absolute Gasteiger partial charge is 0.348 e. The number of nitrogens with zero attached hydrogens (tertiary/aromatic N) is 1. The average Bonchev–Trinajstić information content (AvgIpc) is 2.54. The summed E-state index contributed by atoms with van der Waals surface area (Å²) in [7, 11) is 0. The van der Waals surface area contributed by atoms with Gasteiger partial charge in [-0.25, -0.2) is 4.98 Å². The van der Waals surface area contributed by atoms with Gasteiger partial charge in [0.05, 0.1) is 6.33 Å². The van der Waals surface area contributed by atoms with Gasteiger partial charge in [-0.15, -0.1) is 0 Å². The quantitative estimate of drug-likeness (QED) is 0.634. The van der Waals surface area contributed by atoms with E-state index in [0.717, 1.165) is 19.5 Å². The molecule has 1 atom stereocenters. The van der Waals surface area contributed by atoms with Crippen LogP contribution in [0, 0.1) is 0 Å². The summed E-state index contributed by atoms with van der Waals surface area (Å²) in [5, 5.41) is 7.06. The van der Waals surface area contributed by atoms with Crippen molar-refractivity contribution in [1.82, 2.24) is 20.6 Å². The van der Waals surface area contributed by atoms with Crippen LogP contribution in [0.1, 0.15) is 19.5 Å². The zero-order valence-corrected chi connectivity index (χ0v) is 8.80. The number of piperazine rings is 1. The van der Waals surface area contributed by atoms with E-state index in [4.69, 9.17) is 0 Å². The molecule has 4 nitrogen and oxygen atoms in total. The maximum atomic E-state index is 4.02. The molecule has 3 N–H and O–H groups in total. The van der Waals surface area contributed by atoms with E-state index in [-0.39, 0.29) is 5.54 Å². The Bertz CT molecular complexity index is 278. The lowest BCUT2D eigenvalue weighted by atomic mass is 9.98. The van der Waals surface area contributed by atoms with Gasteiger partial charge in [0.25, 0.3) is 0 Å². The van der Waals surface area contributed by atoms with Gasteiger partial charge in [0.2, 0.25) is 0 Å². The van der Waals surface area contributed by atoms with E-state index in [9.17, 15) is 0 Å². The van der Waals surface area contributed by atoms with Crippen molar-refractivity contribution in [3.05, 3.63) is 18.2 Å². The molecule has 0 aliphatic carbocycles. The first-order valence-corrected chi connectivity index (χ1v) is 5.11. The zero-order valence-electron chi connectivity index (χ0n) is 8.80. The molecule has 1 saturated heterocycles. The second-order valence-electron chi connectivity index (χ2n) is 4.64. The molecule has 0 saturated carbocycles. The molecular formula is C10H18N4. The number of rotatable bonds is 2. The first-order chi connectivity index (χ1) is 6.66. The third-order valence-corrected chi connectivity index (χ3v) is 2.57. The predicted molar refractivity (Wildman–Crippen MR) is 56.2 cm³/mol. The molecule has 1 aromatic heterocycles. The minimum Gasteiger partial charge on any atom is -0.348 e. The first kappa shape index (κ1) is 9.68. The Labute approximate surface area is 84.5 Å². The molecular weight excluding hydrogens is 176 g/mol. The van der Waals surface area contributed by atoms with Crippen LogP contribution in [-0.4, -0.2) is 34.6 Å². The molecule has 2 rings (SSSR count). The molecule has 1 fully saturated rings. The van der Waals surface area contributed by atoms with Crippen molar-refractivity contribution in [2.24, 2.45) is 0 Å². The van der Waals surface area contributed by atoms with E-state index in [2.05, 4.69) is 34.4 Å². The number of hydrogen-bond donors (Lipinski definition) is 3. The molecule has 1 aromatic rings. The highest BCUT2D eigenvalue weighted by Gasteiger charge is 2.26. The van der Waals surface area contributed by atoms with Crippen LogP contribution in [0.4, 0.5) is 0 Å². The summed E-state index contributed by atoms with van der Waals surface area (Å²) in [6, 6.07) is 0.499. The molecule has 0 aromatic carbocycles. The second kappa shape index (κ2) is 3.71. The van der Waals surface area contributed by atoms with Crippen LogP contribution in [0.15, 0.2) is 12.5 Å². The van der Waals surface area contributed by atoms with Crippen molar-refractivity contribution in [2.75, 3.05) is 13.1 Å². The molecule has 0 bridgehead atoms. The van der Waals surface area contributed by atoms with Crippen molar-refractivity contribution in [2.45, 2.75) is 31.8 Å². The smallest absolute Gasteiger partial charge is 0.0921 e. The fourth-order valence-corrected chi connectivity index (χ4v) is 2.00. The molecule has 78 valence electrons. The molecule has 0 radical (unpaired) electrons. The summed E-state index contributed by atoms with van der Waals surface area (Å²) >= 11 is 0. The fourth-order valence-electron chi connectivity index (χ4n) is 2.00. The van der Waals surface area contributed by atoms with Gasteiger partial charge in [0.15, 0.2) is 0 Å². The molecule has 2 heterocycles. The van der Waals surface area contributed by atoms with E-state index in [1.54, 1.807) is 6.33 Å². The number of aromatic nitrogens is 2. The standard InChI is InChI=1S/C10H18N4/c1-10(2)6-11-5-9(14-10)3-8-4-12-7-13-8/h4,7,9,11,14H,3,5-6H2,1-2H3,(H,12,13)/t9-/m0/s1. The Morgan fingerprint density at radius 1 is 1.57 bits per heavy atom. The normalized spacial score (nSPS) is 26.3. The number of nitrogens with one attached hydrogen (secondary N) is 3. The molecule has 1 aliphatic heterocycles. The van der Waals surface area contributed by atoms with Crippen LogP contribution in [0.5, 0.6) is 0 Å². The van der Waals surface area contributed by atoms with Gasteiger partial charge in [-0.3, -0.25) is 0 Å². The third kappa shape index (κ3) is 2.33. The van der Waals surface area contributed by atoms with Gasteiger partial charge < -0.3 is 15.6 Å². The van der Waals surface area contributed by atoms with Crippen LogP contribution in [0.2, 0.25) is 0 Å². The Balaban J connectivity index is 1.92. The number of aromatic amines is 1. The summed E-state index contributed by atoms with van der Waals surface area (Å²) in [6.07, 6.45) is 4.64. The lowest BCUT2D eigenvalue weighted by Gasteiger charge is -2.37. The fraction of sp³-hybridized carbons (Fsp3) is 0.700. The number of hydrogen-bond acceptors (Lipinski definition) is 3. The summed E-state index contributed by atoms with van der Waals surface area (Å²) in [5.74, 6) is 0. The van der Waals surface area contributed by atoms with Crippen LogP contribution in [-0.2, 0) is 6.42 Å². The van der Waals surface area contributed by atoms with E-state index in [1.807, 2.05) is 6.20 Å². The lowest BCUT2D eigenvalue weighted by Crippen LogP contribution is -2.61. The van der Waals surface area contributed by atoms with Gasteiger partial charge in [-0.1, -0.05) is 0 Å². The van der Waals surface area contributed by atoms with Crippen molar-refractivity contribution in [3.8, 4) is 0 Å². The number of imidazole rings is 1. The van der Waals surface area contributed by atoms with Gasteiger partial charge in [-0.05, 0) is 13.8 Å². The van der Waals surface area contributed by atoms with Crippen LogP contribution < -0.4 is 10.6 Å². The highest BCUT2D eigenvalue weighted by molar-refractivity contribution is 5.01. The Kier molecular flexibility index (Phi) is 2.56. The van der Waals surface area contributed by atoms with E-state index in [0.29, 0.717) is 6.04 Å². The lowest BCUT2D eigenvalue weighted by molar-refractivity contribution is 0.260. The molecule has 0 spiro atoms. The minimum atomic E-state index is 0.197. The highest BCUT2D eigenvalue weighted by atomic mass is 15.1. The van der Waals surface area contributed by atoms with Crippen LogP contribution in [0.3, 0.4) is 0 Å². The molecule has 0 unspecified atom stereocenters. The molecule has 4 heteroatoms. The summed E-state index contributed by atoms with van der Waals surface area (Å²) in [4.78, 5) is 7.15. The summed E-state index contributed by atoms with van der Waals surface area (Å²) < 4.78 is 0. The van der Waals surface area contributed by atoms with E-state index >= 15 is 0 Å². The second-order valence-corrected chi connectivity index (χ2v) is 4.64. The predicted octanol–water partition coefficient (Wildman–Crippen LogP) is 0.292. The highest BCUT2D eigenvalue weighted by Crippen LogP contribution is 2.09. The van der Waals surface area contributed by atoms with Gasteiger partial charge in [-0.2, -0.15) is 0 Å². The topological polar surface area (TPSA) is 52.7 Å². The average molecular weight is 194 g/mol. The first-order valence-electron chi connectivity index (χ1n) is 5.11. The maximum Gasteiger partial charge on any atom is 0.0921 e. The summed E-state index contributed by atoms with van der Waals surface area (Å²) in [6.45, 7) is 6.51. The Morgan fingerprint density at radius 3 is 3.07 bits per heavy atom. The van der Waals surface area contributed by atoms with Gasteiger partial charge in [0, 0.05) is 43.0 Å². The van der Waals surface area contributed by atoms with E-state index < -0.39 is 0 Å². The van der Waals surface area contributed by atoms with Gasteiger partial charge in [0.1, 0.15) is 0 Å². The number of H-pyrrole nitrogens is 1. The molecule has 14 heavy (non-hydrogen) atoms. The van der Waals surface area contributed by atoms with Crippen molar-refractivity contribution < 1.29 is 0 Å². The Hall–Kier alpha value is -0.870. The van der Waals surface area contributed by atoms with Gasteiger partial charge >= 0.3 is 0 Å². The zero-order chi connectivity index (χ0) is 10.0. The third-order valence-electron chi connectivity index (χ3n) is 2.57. The van der Waals surface area contributed by atoms with Crippen LogP contribution >= 0.6 is 0 Å². The van der Waals surface area contributed by atoms with Crippen molar-refractivity contribution in [1.29, 1.82) is 0 Å². The van der Waals surface area contributed by atoms with Crippen LogP contribution in [0.25, 0.3) is 0 Å². The maximum absolute atomic E-state index is 4.02. The molecule has 0 amide bonds. The van der Waals surface area contributed by atoms with Crippen molar-refractivity contribution in [3.63, 3.8) is 0 Å². The van der Waals surface area contributed by atoms with Crippen molar-refractivity contribution >= 4 is 0 Å². The SMILES string of the molecule is CC1(C)CNC[C@H](Cc2cnc[nH]2)N1. The van der Waals surface area contributed by atoms with E-state index in [1.165, 1.54) is 5.69 Å². The Morgan fingerprint density at radius 2 is 2.43 bits per heavy atom. The minimum absolute atomic E-state index is 0.197. The monoisotopic (exact) mass is 194 g/mol.